The highest BCUT2D eigenvalue weighted by atomic mass is 16.5. The van der Waals surface area contributed by atoms with E-state index >= 15 is 0 Å². The number of amides is 1. The maximum absolute atomic E-state index is 13.1. The number of carbonyl (C=O) groups excluding carboxylic acids is 2. The van der Waals surface area contributed by atoms with Gasteiger partial charge in [-0.25, -0.2) is 0 Å². The maximum atomic E-state index is 13.1. The van der Waals surface area contributed by atoms with Gasteiger partial charge >= 0.3 is 0 Å². The molecule has 1 aliphatic heterocycles. The van der Waals surface area contributed by atoms with E-state index in [4.69, 9.17) is 9.84 Å². The Morgan fingerprint density at radius 2 is 1.78 bits per heavy atom. The molecule has 1 heterocycles. The molecule has 0 saturated heterocycles. The van der Waals surface area contributed by atoms with Gasteiger partial charge < -0.3 is 19.8 Å². The van der Waals surface area contributed by atoms with Crippen LogP contribution in [0.25, 0.3) is 6.08 Å². The molecule has 0 aromatic heterocycles. The largest absolute Gasteiger partial charge is 0.503 e. The number of aliphatic hydroxyl groups is 2. The Bertz CT molecular complexity index is 993. The number of hydrogen-bond acceptors (Lipinski definition) is 5. The summed E-state index contributed by atoms with van der Waals surface area (Å²) in [4.78, 5) is 27.4. The van der Waals surface area contributed by atoms with Crippen LogP contribution in [0.1, 0.15) is 42.5 Å². The molecule has 2 aromatic carbocycles. The minimum absolute atomic E-state index is 0.0571. The molecule has 0 fully saturated rings. The van der Waals surface area contributed by atoms with Crippen molar-refractivity contribution in [3.05, 3.63) is 88.7 Å². The van der Waals surface area contributed by atoms with Crippen molar-refractivity contribution < 1.29 is 24.5 Å². The molecular formula is C26H29NO5. The number of ether oxygens (including phenoxy) is 1. The van der Waals surface area contributed by atoms with Crippen molar-refractivity contribution in [3.63, 3.8) is 0 Å². The van der Waals surface area contributed by atoms with E-state index in [2.05, 4.69) is 13.8 Å². The summed E-state index contributed by atoms with van der Waals surface area (Å²) in [5.41, 5.74) is 2.78. The summed E-state index contributed by atoms with van der Waals surface area (Å²) in [6.07, 6.45) is 3.05. The molecule has 0 radical (unpaired) electrons. The fraction of sp³-hybridized carbons (Fsp3) is 0.308. The lowest BCUT2D eigenvalue weighted by molar-refractivity contribution is -0.130. The summed E-state index contributed by atoms with van der Waals surface area (Å²) in [5.74, 6) is -1.22. The normalized spacial score (nSPS) is 16.6. The molecule has 2 N–H and O–H groups in total. The highest BCUT2D eigenvalue weighted by Crippen LogP contribution is 2.38. The Labute approximate surface area is 188 Å². The third kappa shape index (κ3) is 5.33. The van der Waals surface area contributed by atoms with E-state index in [-0.39, 0.29) is 31.9 Å². The van der Waals surface area contributed by atoms with Crippen molar-refractivity contribution in [1.29, 1.82) is 0 Å². The third-order valence-corrected chi connectivity index (χ3v) is 5.43. The quantitative estimate of drug-likeness (QED) is 0.438. The van der Waals surface area contributed by atoms with Gasteiger partial charge in [0.15, 0.2) is 11.5 Å². The van der Waals surface area contributed by atoms with Gasteiger partial charge in [0.25, 0.3) is 5.91 Å². The van der Waals surface area contributed by atoms with Crippen LogP contribution in [-0.4, -0.2) is 53.2 Å². The van der Waals surface area contributed by atoms with Crippen molar-refractivity contribution in [2.45, 2.75) is 25.8 Å². The van der Waals surface area contributed by atoms with E-state index in [1.54, 1.807) is 6.08 Å². The molecule has 6 heteroatoms. The second kappa shape index (κ2) is 10.9. The fourth-order valence-electron chi connectivity index (χ4n) is 3.70. The lowest BCUT2D eigenvalue weighted by atomic mass is 9.93. The molecule has 1 amide bonds. The summed E-state index contributed by atoms with van der Waals surface area (Å²) in [6, 6.07) is 16.4. The maximum Gasteiger partial charge on any atom is 0.290 e. The van der Waals surface area contributed by atoms with Crippen LogP contribution in [0.2, 0.25) is 0 Å². The van der Waals surface area contributed by atoms with E-state index < -0.39 is 23.5 Å². The smallest absolute Gasteiger partial charge is 0.290 e. The van der Waals surface area contributed by atoms with Gasteiger partial charge in [0, 0.05) is 6.54 Å². The molecule has 1 aliphatic rings. The van der Waals surface area contributed by atoms with Gasteiger partial charge in [-0.15, -0.1) is 0 Å². The van der Waals surface area contributed by atoms with Crippen LogP contribution in [-0.2, 0) is 14.3 Å². The Kier molecular flexibility index (Phi) is 7.98. The summed E-state index contributed by atoms with van der Waals surface area (Å²) >= 11 is 0. The molecule has 6 nitrogen and oxygen atoms in total. The number of nitrogens with zero attached hydrogens (tertiary/aromatic N) is 1. The summed E-state index contributed by atoms with van der Waals surface area (Å²) in [6.45, 7) is 4.58. The minimum Gasteiger partial charge on any atom is -0.503 e. The monoisotopic (exact) mass is 435 g/mol. The minimum atomic E-state index is -0.714. The van der Waals surface area contributed by atoms with Gasteiger partial charge in [0.2, 0.25) is 0 Å². The number of hydrogen-bond donors (Lipinski definition) is 2. The first kappa shape index (κ1) is 23.4. The van der Waals surface area contributed by atoms with Crippen LogP contribution in [0.5, 0.6) is 0 Å². The number of allylic oxidation sites excluding steroid dienone is 1. The third-order valence-electron chi connectivity index (χ3n) is 5.43. The predicted octanol–water partition coefficient (Wildman–Crippen LogP) is 3.80. The second-order valence-electron chi connectivity index (χ2n) is 7.93. The summed E-state index contributed by atoms with van der Waals surface area (Å²) < 4.78 is 5.32. The van der Waals surface area contributed by atoms with Crippen LogP contribution in [0.4, 0.5) is 0 Å². The van der Waals surface area contributed by atoms with Crippen LogP contribution >= 0.6 is 0 Å². The average Bonchev–Trinajstić information content (AvgIpc) is 3.06. The molecule has 1 atom stereocenters. The molecule has 168 valence electrons. The zero-order chi connectivity index (χ0) is 23.1. The first-order chi connectivity index (χ1) is 15.4. The van der Waals surface area contributed by atoms with Crippen molar-refractivity contribution >= 4 is 17.8 Å². The Balaban J connectivity index is 1.93. The zero-order valence-corrected chi connectivity index (χ0v) is 18.4. The lowest BCUT2D eigenvalue weighted by Crippen LogP contribution is -2.34. The molecule has 0 bridgehead atoms. The fourth-order valence-corrected chi connectivity index (χ4v) is 3.70. The van der Waals surface area contributed by atoms with Crippen molar-refractivity contribution in [2.24, 2.45) is 0 Å². The molecule has 1 unspecified atom stereocenters. The van der Waals surface area contributed by atoms with Crippen LogP contribution in [0.15, 0.2) is 72.0 Å². The topological polar surface area (TPSA) is 87.1 Å². The van der Waals surface area contributed by atoms with Crippen LogP contribution in [0, 0.1) is 0 Å². The van der Waals surface area contributed by atoms with Crippen LogP contribution < -0.4 is 0 Å². The van der Waals surface area contributed by atoms with Gasteiger partial charge in [-0.1, -0.05) is 74.5 Å². The number of benzene rings is 2. The van der Waals surface area contributed by atoms with Gasteiger partial charge in [-0.3, -0.25) is 9.59 Å². The highest BCUT2D eigenvalue weighted by Gasteiger charge is 2.42. The Morgan fingerprint density at radius 3 is 2.41 bits per heavy atom. The van der Waals surface area contributed by atoms with Gasteiger partial charge in [-0.05, 0) is 28.7 Å². The van der Waals surface area contributed by atoms with Crippen LogP contribution in [0.3, 0.4) is 0 Å². The van der Waals surface area contributed by atoms with Crippen molar-refractivity contribution in [2.75, 3.05) is 26.4 Å². The van der Waals surface area contributed by atoms with Crippen molar-refractivity contribution in [3.8, 4) is 0 Å². The SMILES string of the molecule is CC(C)c1ccc(C2C(C(=O)/C=C/c3ccccc3)=C(O)C(=O)N2CCOCCO)cc1. The van der Waals surface area contributed by atoms with E-state index in [0.717, 1.165) is 16.7 Å². The predicted molar refractivity (Wildman–Crippen MR) is 123 cm³/mol. The molecule has 0 saturated carbocycles. The Morgan fingerprint density at radius 1 is 1.09 bits per heavy atom. The second-order valence-corrected chi connectivity index (χ2v) is 7.93. The summed E-state index contributed by atoms with van der Waals surface area (Å²) in [7, 11) is 0. The lowest BCUT2D eigenvalue weighted by Gasteiger charge is -2.26. The molecule has 32 heavy (non-hydrogen) atoms. The van der Waals surface area contributed by atoms with Crippen molar-refractivity contribution in [1.82, 2.24) is 4.90 Å². The van der Waals surface area contributed by atoms with E-state index in [1.165, 1.54) is 11.0 Å². The number of ketones is 1. The number of rotatable bonds is 10. The summed E-state index contributed by atoms with van der Waals surface area (Å²) in [5, 5.41) is 19.5. The molecule has 3 rings (SSSR count). The molecule has 2 aromatic rings. The van der Waals surface area contributed by atoms with E-state index in [0.29, 0.717) is 5.92 Å². The standard InChI is InChI=1S/C26H29NO5/c1-18(2)20-9-11-21(12-10-20)24-23(22(29)13-8-19-6-4-3-5-7-19)25(30)26(31)27(24)14-16-32-17-15-28/h3-13,18,24,28,30H,14-17H2,1-2H3/b13-8+. The van der Waals surface area contributed by atoms with Gasteiger partial charge in [0.05, 0.1) is 31.4 Å². The van der Waals surface area contributed by atoms with E-state index in [1.807, 2.05) is 54.6 Å². The Hall–Kier alpha value is -3.22. The van der Waals surface area contributed by atoms with E-state index in [9.17, 15) is 14.7 Å². The molecular weight excluding hydrogens is 406 g/mol. The first-order valence-electron chi connectivity index (χ1n) is 10.7. The zero-order valence-electron chi connectivity index (χ0n) is 18.4. The molecule has 0 spiro atoms. The van der Waals surface area contributed by atoms with Gasteiger partial charge in [-0.2, -0.15) is 0 Å². The highest BCUT2D eigenvalue weighted by molar-refractivity contribution is 6.14. The average molecular weight is 436 g/mol. The van der Waals surface area contributed by atoms with Gasteiger partial charge in [0.1, 0.15) is 0 Å². The first-order valence-corrected chi connectivity index (χ1v) is 10.7. The molecule has 0 aliphatic carbocycles. The number of aliphatic hydroxyl groups excluding tert-OH is 2. The number of carbonyl (C=O) groups is 2.